The molecular formula is C18H22N2O3S. The number of amides is 2. The molecule has 0 radical (unpaired) electrons. The van der Waals surface area contributed by atoms with Gasteiger partial charge in [-0.25, -0.2) is 4.79 Å². The lowest BCUT2D eigenvalue weighted by Gasteiger charge is -2.23. The molecule has 1 unspecified atom stereocenters. The Morgan fingerprint density at radius 1 is 1.12 bits per heavy atom. The second kappa shape index (κ2) is 9.85. The van der Waals surface area contributed by atoms with Crippen LogP contribution in [0.15, 0.2) is 60.7 Å². The molecule has 0 spiro atoms. The summed E-state index contributed by atoms with van der Waals surface area (Å²) in [5.41, 5.74) is 0.994. The summed E-state index contributed by atoms with van der Waals surface area (Å²) < 4.78 is 6.88. The first-order valence-corrected chi connectivity index (χ1v) is 8.21. The van der Waals surface area contributed by atoms with Gasteiger partial charge in [0.1, 0.15) is 5.75 Å². The maximum atomic E-state index is 12.1. The molecule has 2 rings (SSSR count). The minimum atomic E-state index is -0.346. The van der Waals surface area contributed by atoms with E-state index in [4.69, 9.17) is 9.84 Å². The van der Waals surface area contributed by atoms with E-state index in [0.29, 0.717) is 13.0 Å². The molecular weight excluding hydrogens is 324 g/mol. The van der Waals surface area contributed by atoms with E-state index in [1.165, 1.54) is 0 Å². The third kappa shape index (κ3) is 5.79. The van der Waals surface area contributed by atoms with Gasteiger partial charge in [-0.05, 0) is 17.7 Å². The summed E-state index contributed by atoms with van der Waals surface area (Å²) in [5.74, 6) is 0.798. The molecule has 6 heteroatoms. The fourth-order valence-corrected chi connectivity index (χ4v) is 2.39. The lowest BCUT2D eigenvalue weighted by atomic mass is 10.0. The van der Waals surface area contributed by atoms with Crippen molar-refractivity contribution in [2.75, 3.05) is 19.8 Å². The van der Waals surface area contributed by atoms with E-state index in [2.05, 4.69) is 18.1 Å². The molecule has 0 bridgehead atoms. The van der Waals surface area contributed by atoms with Gasteiger partial charge in [-0.1, -0.05) is 61.3 Å². The molecule has 0 aliphatic rings. The van der Waals surface area contributed by atoms with Crippen molar-refractivity contribution in [1.82, 2.24) is 9.62 Å². The van der Waals surface area contributed by atoms with Crippen molar-refractivity contribution in [2.45, 2.75) is 12.5 Å². The van der Waals surface area contributed by atoms with Crippen LogP contribution in [0, 0.1) is 0 Å². The van der Waals surface area contributed by atoms with Gasteiger partial charge in [-0.3, -0.25) is 4.31 Å². The van der Waals surface area contributed by atoms with Crippen LogP contribution in [0.1, 0.15) is 18.0 Å². The fourth-order valence-electron chi connectivity index (χ4n) is 2.24. The van der Waals surface area contributed by atoms with E-state index >= 15 is 0 Å². The summed E-state index contributed by atoms with van der Waals surface area (Å²) >= 11 is 4.07. The molecule has 5 nitrogen and oxygen atoms in total. The SMILES string of the molecule is O=C(NC(CCOc1ccccc1)c1ccccc1)N(S)CCO. The van der Waals surface area contributed by atoms with Gasteiger partial charge < -0.3 is 15.2 Å². The third-order valence-electron chi connectivity index (χ3n) is 3.46. The summed E-state index contributed by atoms with van der Waals surface area (Å²) in [6.45, 7) is 0.497. The molecule has 0 heterocycles. The topological polar surface area (TPSA) is 61.8 Å². The van der Waals surface area contributed by atoms with E-state index in [1.807, 2.05) is 60.7 Å². The average molecular weight is 346 g/mol. The Morgan fingerprint density at radius 2 is 1.75 bits per heavy atom. The molecule has 128 valence electrons. The lowest BCUT2D eigenvalue weighted by molar-refractivity contribution is 0.206. The first-order chi connectivity index (χ1) is 11.7. The number of thiol groups is 1. The number of benzene rings is 2. The van der Waals surface area contributed by atoms with Crippen molar-refractivity contribution in [1.29, 1.82) is 0 Å². The maximum Gasteiger partial charge on any atom is 0.327 e. The van der Waals surface area contributed by atoms with Crippen molar-refractivity contribution in [3.63, 3.8) is 0 Å². The Bertz CT molecular complexity index is 610. The Kier molecular flexibility index (Phi) is 7.45. The molecule has 0 aromatic heterocycles. The van der Waals surface area contributed by atoms with Crippen LogP contribution in [-0.4, -0.2) is 35.2 Å². The standard InChI is InChI=1S/C18H22N2O3S/c21-13-12-20(24)18(22)19-17(15-7-3-1-4-8-15)11-14-23-16-9-5-2-6-10-16/h1-10,17,21,24H,11-14H2,(H,19,22). The van der Waals surface area contributed by atoms with Crippen LogP contribution < -0.4 is 10.1 Å². The summed E-state index contributed by atoms with van der Waals surface area (Å²) in [5, 5.41) is 11.8. The van der Waals surface area contributed by atoms with Gasteiger partial charge >= 0.3 is 6.03 Å². The molecule has 0 aliphatic carbocycles. The number of para-hydroxylation sites is 1. The number of urea groups is 1. The molecule has 2 N–H and O–H groups in total. The molecule has 0 aliphatic heterocycles. The van der Waals surface area contributed by atoms with Gasteiger partial charge in [0.25, 0.3) is 0 Å². The highest BCUT2D eigenvalue weighted by molar-refractivity contribution is 7.78. The number of nitrogens with zero attached hydrogens (tertiary/aromatic N) is 1. The van der Waals surface area contributed by atoms with Crippen LogP contribution in [0.3, 0.4) is 0 Å². The first kappa shape index (κ1) is 18.2. The highest BCUT2D eigenvalue weighted by atomic mass is 32.1. The fraction of sp³-hybridized carbons (Fsp3) is 0.278. The molecule has 2 amide bonds. The Morgan fingerprint density at radius 3 is 2.38 bits per heavy atom. The zero-order valence-corrected chi connectivity index (χ0v) is 14.2. The summed E-state index contributed by atoms with van der Waals surface area (Å²) in [6.07, 6.45) is 0.616. The number of aliphatic hydroxyl groups is 1. The molecule has 2 aromatic carbocycles. The highest BCUT2D eigenvalue weighted by Crippen LogP contribution is 2.18. The Hall–Kier alpha value is -2.18. The van der Waals surface area contributed by atoms with Crippen LogP contribution >= 0.6 is 12.8 Å². The van der Waals surface area contributed by atoms with Gasteiger partial charge in [0.15, 0.2) is 0 Å². The monoisotopic (exact) mass is 346 g/mol. The lowest BCUT2D eigenvalue weighted by Crippen LogP contribution is -2.38. The average Bonchev–Trinajstić information content (AvgIpc) is 2.62. The first-order valence-electron chi connectivity index (χ1n) is 7.81. The van der Waals surface area contributed by atoms with Crippen molar-refractivity contribution >= 4 is 18.8 Å². The predicted octanol–water partition coefficient (Wildman–Crippen LogP) is 3.05. The third-order valence-corrected chi connectivity index (χ3v) is 3.85. The molecule has 1 atom stereocenters. The minimum absolute atomic E-state index is 0.135. The second-order valence-electron chi connectivity index (χ2n) is 5.21. The van der Waals surface area contributed by atoms with E-state index in [1.54, 1.807) is 0 Å². The predicted molar refractivity (Wildman–Crippen MR) is 97.0 cm³/mol. The number of ether oxygens (including phenoxy) is 1. The quantitative estimate of drug-likeness (QED) is 0.644. The van der Waals surface area contributed by atoms with Crippen LogP contribution in [0.4, 0.5) is 4.79 Å². The Balaban J connectivity index is 1.97. The van der Waals surface area contributed by atoms with Crippen molar-refractivity contribution in [2.24, 2.45) is 0 Å². The van der Waals surface area contributed by atoms with Crippen LogP contribution in [0.25, 0.3) is 0 Å². The van der Waals surface area contributed by atoms with Crippen LogP contribution in [-0.2, 0) is 0 Å². The molecule has 0 fully saturated rings. The van der Waals surface area contributed by atoms with Gasteiger partial charge in [-0.2, -0.15) is 0 Å². The van der Waals surface area contributed by atoms with E-state index in [9.17, 15) is 4.79 Å². The molecule has 0 saturated heterocycles. The Labute approximate surface area is 147 Å². The number of aliphatic hydroxyl groups excluding tert-OH is 1. The van der Waals surface area contributed by atoms with Crippen molar-refractivity contribution in [3.05, 3.63) is 66.2 Å². The zero-order chi connectivity index (χ0) is 17.2. The molecule has 2 aromatic rings. The number of hydrogen-bond acceptors (Lipinski definition) is 4. The maximum absolute atomic E-state index is 12.1. The normalized spacial score (nSPS) is 11.6. The largest absolute Gasteiger partial charge is 0.494 e. The zero-order valence-electron chi connectivity index (χ0n) is 13.3. The number of hydrogen-bond donors (Lipinski definition) is 3. The number of nitrogens with one attached hydrogen (secondary N) is 1. The highest BCUT2D eigenvalue weighted by Gasteiger charge is 2.17. The molecule has 24 heavy (non-hydrogen) atoms. The smallest absolute Gasteiger partial charge is 0.327 e. The molecule has 0 saturated carbocycles. The summed E-state index contributed by atoms with van der Waals surface area (Å²) in [4.78, 5) is 12.1. The van der Waals surface area contributed by atoms with Gasteiger partial charge in [0.05, 0.1) is 25.8 Å². The minimum Gasteiger partial charge on any atom is -0.494 e. The van der Waals surface area contributed by atoms with Gasteiger partial charge in [0, 0.05) is 6.42 Å². The number of carbonyl (C=O) groups excluding carboxylic acids is 1. The van der Waals surface area contributed by atoms with Crippen LogP contribution in [0.2, 0.25) is 0 Å². The van der Waals surface area contributed by atoms with Crippen molar-refractivity contribution in [3.8, 4) is 5.75 Å². The summed E-state index contributed by atoms with van der Waals surface area (Å²) in [7, 11) is 0. The summed E-state index contributed by atoms with van der Waals surface area (Å²) in [6, 6.07) is 18.7. The van der Waals surface area contributed by atoms with Crippen LogP contribution in [0.5, 0.6) is 5.75 Å². The van der Waals surface area contributed by atoms with E-state index < -0.39 is 0 Å². The van der Waals surface area contributed by atoms with E-state index in [-0.39, 0.29) is 25.2 Å². The second-order valence-corrected chi connectivity index (χ2v) is 5.69. The number of rotatable bonds is 8. The number of carbonyl (C=O) groups is 1. The van der Waals surface area contributed by atoms with Gasteiger partial charge in [-0.15, -0.1) is 0 Å². The van der Waals surface area contributed by atoms with Gasteiger partial charge in [0.2, 0.25) is 0 Å². The van der Waals surface area contributed by atoms with Crippen molar-refractivity contribution < 1.29 is 14.6 Å². The van der Waals surface area contributed by atoms with E-state index in [0.717, 1.165) is 15.6 Å².